The van der Waals surface area contributed by atoms with Gasteiger partial charge in [0, 0.05) is 18.2 Å². The molecule has 146 valence electrons. The number of carbonyl (C=O) groups is 2. The van der Waals surface area contributed by atoms with Crippen LogP contribution in [0, 0.1) is 0 Å². The second kappa shape index (κ2) is 5.28. The summed E-state index contributed by atoms with van der Waals surface area (Å²) in [6, 6.07) is 7.07. The van der Waals surface area contributed by atoms with Crippen LogP contribution in [0.2, 0.25) is 0 Å². The van der Waals surface area contributed by atoms with E-state index >= 15 is 0 Å². The van der Waals surface area contributed by atoms with Crippen LogP contribution in [-0.2, 0) is 21.4 Å². The molecule has 3 rings (SSSR count). The van der Waals surface area contributed by atoms with Crippen LogP contribution in [0.25, 0.3) is 0 Å². The summed E-state index contributed by atoms with van der Waals surface area (Å²) >= 11 is 0. The SMILES string of the molecule is CCOC(=O)C1(c2ccc(S(F)(F)(F)(F)F)nc2)Cc2ccccc2C1=O. The summed E-state index contributed by atoms with van der Waals surface area (Å²) in [5.74, 6) is -1.63. The molecule has 1 aliphatic rings. The van der Waals surface area contributed by atoms with Crippen molar-refractivity contribution in [3.8, 4) is 0 Å². The molecule has 0 bridgehead atoms. The van der Waals surface area contributed by atoms with E-state index in [-0.39, 0.29) is 30.2 Å². The molecule has 1 heterocycles. The van der Waals surface area contributed by atoms with Crippen LogP contribution < -0.4 is 0 Å². The fraction of sp³-hybridized carbons (Fsp3) is 0.235. The minimum atomic E-state index is -9.97. The van der Waals surface area contributed by atoms with Gasteiger partial charge in [-0.25, -0.2) is 4.98 Å². The summed E-state index contributed by atoms with van der Waals surface area (Å²) in [7, 11) is -9.97. The maximum Gasteiger partial charge on any atom is 0.325 e. The first kappa shape index (κ1) is 19.3. The Labute approximate surface area is 151 Å². The zero-order chi connectivity index (χ0) is 20.2. The van der Waals surface area contributed by atoms with E-state index in [9.17, 15) is 29.0 Å². The minimum Gasteiger partial charge on any atom is -0.465 e. The van der Waals surface area contributed by atoms with Crippen molar-refractivity contribution in [2.45, 2.75) is 23.8 Å². The van der Waals surface area contributed by atoms with E-state index in [1.165, 1.54) is 13.0 Å². The Kier molecular flexibility index (Phi) is 3.77. The molecule has 0 saturated carbocycles. The van der Waals surface area contributed by atoms with Gasteiger partial charge in [-0.05, 0) is 24.1 Å². The first-order valence-corrected chi connectivity index (χ1v) is 9.75. The number of carbonyl (C=O) groups excluding carboxylic acids is 2. The summed E-state index contributed by atoms with van der Waals surface area (Å²) in [6.45, 7) is 1.44. The van der Waals surface area contributed by atoms with E-state index in [0.29, 0.717) is 17.8 Å². The molecule has 10 heteroatoms. The van der Waals surface area contributed by atoms with Gasteiger partial charge in [-0.2, -0.15) is 0 Å². The predicted molar refractivity (Wildman–Crippen MR) is 88.4 cm³/mol. The van der Waals surface area contributed by atoms with Gasteiger partial charge in [-0.3, -0.25) is 9.59 Å². The van der Waals surface area contributed by atoms with Gasteiger partial charge >= 0.3 is 16.2 Å². The number of benzene rings is 1. The molecule has 0 aliphatic heterocycles. The number of halogens is 5. The lowest BCUT2D eigenvalue weighted by Gasteiger charge is -2.39. The van der Waals surface area contributed by atoms with Crippen LogP contribution >= 0.6 is 10.2 Å². The molecule has 4 nitrogen and oxygen atoms in total. The van der Waals surface area contributed by atoms with Crippen molar-refractivity contribution in [3.63, 3.8) is 0 Å². The number of ketones is 1. The number of hydrogen-bond acceptors (Lipinski definition) is 4. The first-order valence-electron chi connectivity index (χ1n) is 7.80. The van der Waals surface area contributed by atoms with E-state index < -0.39 is 32.4 Å². The number of fused-ring (bicyclic) bond motifs is 1. The summed E-state index contributed by atoms with van der Waals surface area (Å²) in [5, 5.41) is -2.33. The number of esters is 1. The van der Waals surface area contributed by atoms with Gasteiger partial charge in [0.2, 0.25) is 0 Å². The molecule has 0 saturated heterocycles. The Balaban J connectivity index is 2.15. The highest BCUT2D eigenvalue weighted by Gasteiger charge is 2.67. The van der Waals surface area contributed by atoms with Crippen molar-refractivity contribution in [1.29, 1.82) is 0 Å². The van der Waals surface area contributed by atoms with E-state index in [1.807, 2.05) is 0 Å². The molecule has 0 spiro atoms. The van der Waals surface area contributed by atoms with Crippen LogP contribution in [0.5, 0.6) is 0 Å². The van der Waals surface area contributed by atoms with Crippen molar-refractivity contribution in [1.82, 2.24) is 4.98 Å². The molecule has 0 radical (unpaired) electrons. The molecule has 1 aliphatic carbocycles. The van der Waals surface area contributed by atoms with Crippen molar-refractivity contribution >= 4 is 22.0 Å². The average Bonchev–Trinajstić information content (AvgIpc) is 2.88. The molecule has 27 heavy (non-hydrogen) atoms. The molecule has 0 fully saturated rings. The Bertz CT molecular complexity index is 944. The number of pyridine rings is 1. The number of Topliss-reactive ketones (excluding diaryl/α,β-unsaturated/α-hetero) is 1. The Morgan fingerprint density at radius 1 is 1.15 bits per heavy atom. The summed E-state index contributed by atoms with van der Waals surface area (Å²) in [4.78, 5) is 28.4. The van der Waals surface area contributed by atoms with Crippen molar-refractivity contribution in [2.24, 2.45) is 0 Å². The molecule has 2 aromatic rings. The molecule has 1 aromatic heterocycles. The Morgan fingerprint density at radius 2 is 1.81 bits per heavy atom. The van der Waals surface area contributed by atoms with Gasteiger partial charge in [-0.15, -0.1) is 0 Å². The highest BCUT2D eigenvalue weighted by Crippen LogP contribution is 3.01. The maximum absolute atomic E-state index is 13.0. The molecular formula is C17H14F5NO3S. The first-order chi connectivity index (χ1) is 12.3. The van der Waals surface area contributed by atoms with E-state index in [2.05, 4.69) is 4.98 Å². The average molecular weight is 407 g/mol. The lowest BCUT2D eigenvalue weighted by molar-refractivity contribution is -0.147. The van der Waals surface area contributed by atoms with Gasteiger partial charge in [-0.1, -0.05) is 49.8 Å². The highest BCUT2D eigenvalue weighted by molar-refractivity contribution is 8.45. The zero-order valence-corrected chi connectivity index (χ0v) is 14.7. The van der Waals surface area contributed by atoms with Gasteiger partial charge in [0.05, 0.1) is 6.61 Å². The van der Waals surface area contributed by atoms with Crippen LogP contribution in [0.4, 0.5) is 19.4 Å². The van der Waals surface area contributed by atoms with Crippen molar-refractivity contribution in [2.75, 3.05) is 6.61 Å². The number of nitrogens with zero attached hydrogens (tertiary/aromatic N) is 1. The summed E-state index contributed by atoms with van der Waals surface area (Å²) < 4.78 is 69.5. The topological polar surface area (TPSA) is 56.3 Å². The molecule has 1 unspecified atom stereocenters. The molecule has 1 aromatic carbocycles. The van der Waals surface area contributed by atoms with Gasteiger partial charge in [0.25, 0.3) is 0 Å². The normalized spacial score (nSPS) is 21.9. The number of aromatic nitrogens is 1. The molecule has 1 atom stereocenters. The van der Waals surface area contributed by atoms with E-state index in [1.54, 1.807) is 18.2 Å². The summed E-state index contributed by atoms with van der Waals surface area (Å²) in [5.41, 5.74) is -1.45. The molecular weight excluding hydrogens is 393 g/mol. The highest BCUT2D eigenvalue weighted by atomic mass is 32.5. The molecule has 0 N–H and O–H groups in total. The van der Waals surface area contributed by atoms with E-state index in [4.69, 9.17) is 4.74 Å². The van der Waals surface area contributed by atoms with Crippen LogP contribution in [0.15, 0.2) is 47.6 Å². The van der Waals surface area contributed by atoms with Crippen LogP contribution in [-0.4, -0.2) is 23.3 Å². The third-order valence-corrected chi connectivity index (χ3v) is 5.39. The fourth-order valence-electron chi connectivity index (χ4n) is 3.12. The summed E-state index contributed by atoms with van der Waals surface area (Å²) in [6.07, 6.45) is 0.339. The maximum atomic E-state index is 13.0. The molecule has 0 amide bonds. The number of hydrogen-bond donors (Lipinski definition) is 0. The van der Waals surface area contributed by atoms with Crippen LogP contribution in [0.1, 0.15) is 28.4 Å². The predicted octanol–water partition coefficient (Wildman–Crippen LogP) is 4.98. The van der Waals surface area contributed by atoms with Crippen LogP contribution in [0.3, 0.4) is 0 Å². The van der Waals surface area contributed by atoms with Gasteiger partial charge in [0.1, 0.15) is 0 Å². The lowest BCUT2D eigenvalue weighted by atomic mass is 9.77. The number of ether oxygens (including phenoxy) is 1. The Hall–Kier alpha value is -2.49. The third kappa shape index (κ3) is 3.18. The van der Waals surface area contributed by atoms with Gasteiger partial charge < -0.3 is 4.74 Å². The lowest BCUT2D eigenvalue weighted by Crippen LogP contribution is -2.43. The third-order valence-electron chi connectivity index (χ3n) is 4.35. The largest absolute Gasteiger partial charge is 0.465 e. The monoisotopic (exact) mass is 407 g/mol. The minimum absolute atomic E-state index is 0.0683. The Morgan fingerprint density at radius 3 is 2.33 bits per heavy atom. The van der Waals surface area contributed by atoms with Gasteiger partial charge in [0.15, 0.2) is 16.2 Å². The fourth-order valence-corrected chi connectivity index (χ4v) is 3.70. The van der Waals surface area contributed by atoms with Crippen molar-refractivity contribution < 1.29 is 33.8 Å². The van der Waals surface area contributed by atoms with E-state index in [0.717, 1.165) is 0 Å². The smallest absolute Gasteiger partial charge is 0.325 e. The number of rotatable bonds is 4. The standard InChI is InChI=1S/C17H14F5NO3S/c1-2-26-16(25)17(9-11-5-3-4-6-13(11)15(17)24)12-7-8-14(23-10-12)27(18,19,20,21)22/h3-8,10H,2,9H2,1H3. The second-order valence-corrected chi connectivity index (χ2v) is 8.50. The quantitative estimate of drug-likeness (QED) is 0.408. The second-order valence-electron chi connectivity index (χ2n) is 6.14. The van der Waals surface area contributed by atoms with Crippen molar-refractivity contribution in [3.05, 3.63) is 59.3 Å². The zero-order valence-electron chi connectivity index (χ0n) is 13.9.